The third kappa shape index (κ3) is 7.50. The van der Waals surface area contributed by atoms with Gasteiger partial charge in [-0.15, -0.1) is 0 Å². The van der Waals surface area contributed by atoms with E-state index >= 15 is 0 Å². The number of hydrogen-bond donors (Lipinski definition) is 3. The zero-order valence-electron chi connectivity index (χ0n) is 29.0. The SMILES string of the molecule is C[C@H](CCCN(C)Cc1ccccc1)C1CC[C@H]2C3[C@H](OCCN)CC4C[C@H](OCCN)CCC4(C)[C@H]3C[C@H](OCCN)C12C. The summed E-state index contributed by atoms with van der Waals surface area (Å²) in [4.78, 5) is 2.48. The lowest BCUT2D eigenvalue weighted by Gasteiger charge is -2.64. The summed E-state index contributed by atoms with van der Waals surface area (Å²) in [6.07, 6.45) is 11.7. The van der Waals surface area contributed by atoms with Gasteiger partial charge in [0.15, 0.2) is 0 Å². The molecule has 7 heteroatoms. The molecule has 0 bridgehead atoms. The van der Waals surface area contributed by atoms with Crippen LogP contribution in [-0.2, 0) is 20.8 Å². The number of hydrogen-bond acceptors (Lipinski definition) is 7. The van der Waals surface area contributed by atoms with Crippen molar-refractivity contribution < 1.29 is 14.2 Å². The Balaban J connectivity index is 1.33. The van der Waals surface area contributed by atoms with E-state index in [1.165, 1.54) is 37.7 Å². The van der Waals surface area contributed by atoms with E-state index in [0.717, 1.165) is 38.8 Å². The monoisotopic (exact) mass is 627 g/mol. The van der Waals surface area contributed by atoms with Gasteiger partial charge in [0, 0.05) is 31.6 Å². The van der Waals surface area contributed by atoms with Crippen molar-refractivity contribution in [3.63, 3.8) is 0 Å². The van der Waals surface area contributed by atoms with Gasteiger partial charge in [-0.3, -0.25) is 0 Å². The Kier molecular flexibility index (Phi) is 12.4. The Morgan fingerprint density at radius 1 is 0.867 bits per heavy atom. The molecule has 4 saturated carbocycles. The largest absolute Gasteiger partial charge is 0.377 e. The van der Waals surface area contributed by atoms with Crippen molar-refractivity contribution in [2.45, 2.75) is 103 Å². The predicted molar refractivity (Wildman–Crippen MR) is 184 cm³/mol. The van der Waals surface area contributed by atoms with Gasteiger partial charge in [-0.25, -0.2) is 0 Å². The first kappa shape index (κ1) is 35.3. The molecule has 0 heterocycles. The summed E-state index contributed by atoms with van der Waals surface area (Å²) in [5.74, 6) is 3.69. The summed E-state index contributed by atoms with van der Waals surface area (Å²) in [6.45, 7) is 13.6. The van der Waals surface area contributed by atoms with Gasteiger partial charge in [0.1, 0.15) is 0 Å². The van der Waals surface area contributed by atoms with E-state index in [4.69, 9.17) is 31.4 Å². The maximum Gasteiger partial charge on any atom is 0.0637 e. The van der Waals surface area contributed by atoms with Crippen LogP contribution in [0.1, 0.15) is 84.1 Å². The molecule has 0 saturated heterocycles. The van der Waals surface area contributed by atoms with E-state index in [9.17, 15) is 0 Å². The minimum absolute atomic E-state index is 0.140. The summed E-state index contributed by atoms with van der Waals surface area (Å²) in [7, 11) is 2.26. The van der Waals surface area contributed by atoms with Crippen LogP contribution in [0.2, 0.25) is 0 Å². The Morgan fingerprint density at radius 3 is 2.31 bits per heavy atom. The van der Waals surface area contributed by atoms with Crippen LogP contribution in [0.4, 0.5) is 0 Å². The third-order valence-corrected chi connectivity index (χ3v) is 13.3. The van der Waals surface area contributed by atoms with Gasteiger partial charge in [0.25, 0.3) is 0 Å². The van der Waals surface area contributed by atoms with Crippen LogP contribution in [0.5, 0.6) is 0 Å². The Morgan fingerprint density at radius 2 is 1.58 bits per heavy atom. The van der Waals surface area contributed by atoms with Crippen molar-refractivity contribution in [1.29, 1.82) is 0 Å². The van der Waals surface area contributed by atoms with E-state index in [1.807, 2.05) is 0 Å². The van der Waals surface area contributed by atoms with Crippen LogP contribution >= 0.6 is 0 Å². The summed E-state index contributed by atoms with van der Waals surface area (Å²) in [6, 6.07) is 10.8. The summed E-state index contributed by atoms with van der Waals surface area (Å²) in [5.41, 5.74) is 19.7. The first-order valence-electron chi connectivity index (χ1n) is 18.4. The van der Waals surface area contributed by atoms with Crippen LogP contribution in [0.15, 0.2) is 30.3 Å². The van der Waals surface area contributed by atoms with Crippen molar-refractivity contribution >= 4 is 0 Å². The van der Waals surface area contributed by atoms with Gasteiger partial charge >= 0.3 is 0 Å². The number of nitrogens with zero attached hydrogens (tertiary/aromatic N) is 1. The zero-order chi connectivity index (χ0) is 32.0. The molecule has 1 aromatic rings. The van der Waals surface area contributed by atoms with Crippen LogP contribution in [0, 0.1) is 46.3 Å². The lowest BCUT2D eigenvalue weighted by Crippen LogP contribution is -2.63. The first-order chi connectivity index (χ1) is 21.8. The van der Waals surface area contributed by atoms with Gasteiger partial charge in [-0.05, 0) is 118 Å². The molecular weight excluding hydrogens is 560 g/mol. The fourth-order valence-corrected chi connectivity index (χ4v) is 11.2. The molecule has 7 nitrogen and oxygen atoms in total. The van der Waals surface area contributed by atoms with Crippen molar-refractivity contribution in [3.8, 4) is 0 Å². The molecule has 45 heavy (non-hydrogen) atoms. The highest BCUT2D eigenvalue weighted by Crippen LogP contribution is 2.69. The second-order valence-corrected chi connectivity index (χ2v) is 15.8. The summed E-state index contributed by atoms with van der Waals surface area (Å²) >= 11 is 0. The average molecular weight is 627 g/mol. The molecule has 5 unspecified atom stereocenters. The molecule has 1 aromatic carbocycles. The van der Waals surface area contributed by atoms with Gasteiger partial charge in [0.2, 0.25) is 0 Å². The standard InChI is InChI=1S/C38H66N4O3/c1-27(9-8-19-42(4)26-28-10-6-5-7-11-28)31-12-13-32-36-33(25-35(38(31,32)3)45-22-18-41)37(2)15-14-30(43-20-16-39)23-29(37)24-34(36)44-21-17-40/h5-7,10-11,27,29-36H,8-9,12-26,39-41H2,1-4H3/t27-,29?,30-,31?,32+,33+,34-,35+,36?,37?,38?/m1/s1. The Labute approximate surface area is 274 Å². The Bertz CT molecular complexity index is 1030. The van der Waals surface area contributed by atoms with Crippen LogP contribution in [0.3, 0.4) is 0 Å². The highest BCUT2D eigenvalue weighted by atomic mass is 16.5. The predicted octanol–water partition coefficient (Wildman–Crippen LogP) is 5.45. The number of rotatable bonds is 16. The van der Waals surface area contributed by atoms with Gasteiger partial charge < -0.3 is 36.3 Å². The van der Waals surface area contributed by atoms with Crippen molar-refractivity contribution in [2.75, 3.05) is 53.0 Å². The normalized spacial score (nSPS) is 38.5. The molecule has 256 valence electrons. The van der Waals surface area contributed by atoms with Crippen molar-refractivity contribution in [3.05, 3.63) is 35.9 Å². The smallest absolute Gasteiger partial charge is 0.0637 e. The van der Waals surface area contributed by atoms with E-state index < -0.39 is 0 Å². The lowest BCUT2D eigenvalue weighted by atomic mass is 9.43. The van der Waals surface area contributed by atoms with E-state index in [1.54, 1.807) is 0 Å². The number of nitrogens with two attached hydrogens (primary N) is 3. The second-order valence-electron chi connectivity index (χ2n) is 15.8. The maximum atomic E-state index is 6.87. The minimum Gasteiger partial charge on any atom is -0.377 e. The van der Waals surface area contributed by atoms with E-state index in [2.05, 4.69) is 63.1 Å². The topological polar surface area (TPSA) is 109 Å². The van der Waals surface area contributed by atoms with E-state index in [0.29, 0.717) is 81.1 Å². The molecule has 4 aliphatic rings. The molecule has 0 aromatic heterocycles. The second kappa shape index (κ2) is 15.9. The quantitative estimate of drug-likeness (QED) is 0.224. The average Bonchev–Trinajstić information content (AvgIpc) is 3.40. The molecule has 4 fully saturated rings. The van der Waals surface area contributed by atoms with Crippen LogP contribution in [-0.4, -0.2) is 76.3 Å². The van der Waals surface area contributed by atoms with Gasteiger partial charge in [0.05, 0.1) is 38.1 Å². The zero-order valence-corrected chi connectivity index (χ0v) is 29.0. The Hall–Kier alpha value is -1.06. The van der Waals surface area contributed by atoms with E-state index in [-0.39, 0.29) is 23.0 Å². The number of benzene rings is 1. The number of ether oxygens (including phenoxy) is 3. The fourth-order valence-electron chi connectivity index (χ4n) is 11.2. The first-order valence-corrected chi connectivity index (χ1v) is 18.4. The molecule has 0 radical (unpaired) electrons. The van der Waals surface area contributed by atoms with Gasteiger partial charge in [-0.2, -0.15) is 0 Å². The molecule has 11 atom stereocenters. The number of fused-ring (bicyclic) bond motifs is 5. The highest BCUT2D eigenvalue weighted by Gasteiger charge is 2.66. The molecule has 0 spiro atoms. The van der Waals surface area contributed by atoms with Crippen molar-refractivity contribution in [1.82, 2.24) is 4.90 Å². The highest BCUT2D eigenvalue weighted by molar-refractivity contribution is 5.16. The van der Waals surface area contributed by atoms with Crippen LogP contribution < -0.4 is 17.2 Å². The summed E-state index contributed by atoms with van der Waals surface area (Å²) < 4.78 is 19.9. The maximum absolute atomic E-state index is 6.87. The van der Waals surface area contributed by atoms with Crippen LogP contribution in [0.25, 0.3) is 0 Å². The molecule has 5 rings (SSSR count). The summed E-state index contributed by atoms with van der Waals surface area (Å²) in [5, 5.41) is 0. The van der Waals surface area contributed by atoms with Gasteiger partial charge in [-0.1, -0.05) is 51.1 Å². The molecule has 0 amide bonds. The lowest BCUT2D eigenvalue weighted by molar-refractivity contribution is -0.226. The minimum atomic E-state index is 0.140. The molecule has 0 aliphatic heterocycles. The molecule has 4 aliphatic carbocycles. The third-order valence-electron chi connectivity index (χ3n) is 13.3. The fraction of sp³-hybridized carbons (Fsp3) is 0.842. The van der Waals surface area contributed by atoms with Crippen molar-refractivity contribution in [2.24, 2.45) is 63.5 Å². The molecule has 6 N–H and O–H groups in total. The molecular formula is C38H66N4O3.